The molecular weight excluding hydrogens is 220 g/mol. The van der Waals surface area contributed by atoms with Crippen LogP contribution in [-0.4, -0.2) is 9.55 Å². The summed E-state index contributed by atoms with van der Waals surface area (Å²) in [6.07, 6.45) is 2.68. The third kappa shape index (κ3) is 2.02. The van der Waals surface area contributed by atoms with Crippen molar-refractivity contribution in [3.05, 3.63) is 27.6 Å². The van der Waals surface area contributed by atoms with Crippen LogP contribution in [0.1, 0.15) is 25.8 Å². The van der Waals surface area contributed by atoms with E-state index < -0.39 is 0 Å². The van der Waals surface area contributed by atoms with Gasteiger partial charge in [-0.25, -0.2) is 4.98 Å². The van der Waals surface area contributed by atoms with Crippen molar-refractivity contribution >= 4 is 21.6 Å². The van der Waals surface area contributed by atoms with Crippen molar-refractivity contribution in [1.29, 1.82) is 0 Å². The van der Waals surface area contributed by atoms with Gasteiger partial charge in [0, 0.05) is 6.54 Å². The summed E-state index contributed by atoms with van der Waals surface area (Å²) in [7, 11) is 0. The average molecular weight is 236 g/mol. The van der Waals surface area contributed by atoms with Gasteiger partial charge in [-0.15, -0.1) is 11.3 Å². The lowest BCUT2D eigenvalue weighted by Gasteiger charge is -2.07. The van der Waals surface area contributed by atoms with Crippen molar-refractivity contribution in [2.45, 2.75) is 33.7 Å². The van der Waals surface area contributed by atoms with E-state index in [0.29, 0.717) is 5.92 Å². The monoisotopic (exact) mass is 236 g/mol. The molecule has 0 aliphatic heterocycles. The maximum absolute atomic E-state index is 12.1. The molecule has 0 spiro atoms. The maximum atomic E-state index is 12.1. The zero-order valence-corrected chi connectivity index (χ0v) is 10.7. The van der Waals surface area contributed by atoms with Crippen LogP contribution in [0.4, 0.5) is 0 Å². The zero-order valence-electron chi connectivity index (χ0n) is 9.86. The molecule has 0 N–H and O–H groups in total. The Labute approximate surface area is 98.8 Å². The standard InChI is InChI=1S/C12H16N2OS/c1-8(2)4-5-14-7-13-10-9(3)6-16-11(10)12(14)15/h6-8H,4-5H2,1-3H3. The second kappa shape index (κ2) is 4.37. The number of thiophene rings is 1. The number of rotatable bonds is 3. The molecule has 0 radical (unpaired) electrons. The summed E-state index contributed by atoms with van der Waals surface area (Å²) in [5.74, 6) is 0.604. The number of hydrogen-bond acceptors (Lipinski definition) is 3. The number of fused-ring (bicyclic) bond motifs is 1. The molecule has 0 aliphatic carbocycles. The molecule has 2 rings (SSSR count). The Morgan fingerprint density at radius 3 is 2.94 bits per heavy atom. The highest BCUT2D eigenvalue weighted by Gasteiger charge is 2.08. The molecule has 16 heavy (non-hydrogen) atoms. The van der Waals surface area contributed by atoms with Gasteiger partial charge in [-0.1, -0.05) is 13.8 Å². The van der Waals surface area contributed by atoms with Crippen LogP contribution in [-0.2, 0) is 6.54 Å². The summed E-state index contributed by atoms with van der Waals surface area (Å²) in [6, 6.07) is 0. The second-order valence-electron chi connectivity index (χ2n) is 4.52. The first kappa shape index (κ1) is 11.3. The molecule has 0 amide bonds. The van der Waals surface area contributed by atoms with Gasteiger partial charge in [0.15, 0.2) is 0 Å². The first-order chi connectivity index (χ1) is 7.59. The van der Waals surface area contributed by atoms with Gasteiger partial charge in [-0.05, 0) is 30.2 Å². The third-order valence-corrected chi connectivity index (χ3v) is 3.75. The van der Waals surface area contributed by atoms with E-state index in [2.05, 4.69) is 18.8 Å². The van der Waals surface area contributed by atoms with Crippen LogP contribution in [0.15, 0.2) is 16.5 Å². The van der Waals surface area contributed by atoms with Gasteiger partial charge in [-0.2, -0.15) is 0 Å². The largest absolute Gasteiger partial charge is 0.298 e. The number of nitrogens with zero attached hydrogens (tertiary/aromatic N) is 2. The second-order valence-corrected chi connectivity index (χ2v) is 5.40. The SMILES string of the molecule is Cc1csc2c(=O)n(CCC(C)C)cnc12. The van der Waals surface area contributed by atoms with Crippen LogP contribution in [0.2, 0.25) is 0 Å². The van der Waals surface area contributed by atoms with Gasteiger partial charge in [0.2, 0.25) is 0 Å². The predicted molar refractivity (Wildman–Crippen MR) is 68.1 cm³/mol. The first-order valence-corrected chi connectivity index (χ1v) is 6.41. The molecule has 0 saturated heterocycles. The molecule has 2 heterocycles. The summed E-state index contributed by atoms with van der Waals surface area (Å²) >= 11 is 1.49. The molecule has 0 saturated carbocycles. The Hall–Kier alpha value is -1.16. The lowest BCUT2D eigenvalue weighted by molar-refractivity contribution is 0.506. The molecular formula is C12H16N2OS. The molecule has 3 nitrogen and oxygen atoms in total. The Balaban J connectivity index is 2.41. The highest BCUT2D eigenvalue weighted by Crippen LogP contribution is 2.19. The van der Waals surface area contributed by atoms with Crippen molar-refractivity contribution in [1.82, 2.24) is 9.55 Å². The van der Waals surface area contributed by atoms with E-state index in [1.54, 1.807) is 10.9 Å². The van der Waals surface area contributed by atoms with Crippen molar-refractivity contribution in [2.75, 3.05) is 0 Å². The molecule has 0 atom stereocenters. The van der Waals surface area contributed by atoms with Crippen LogP contribution in [0.3, 0.4) is 0 Å². The molecule has 0 aromatic carbocycles. The van der Waals surface area contributed by atoms with Gasteiger partial charge in [0.1, 0.15) is 4.70 Å². The Morgan fingerprint density at radius 1 is 1.50 bits per heavy atom. The molecule has 0 fully saturated rings. The minimum Gasteiger partial charge on any atom is -0.298 e. The van der Waals surface area contributed by atoms with Crippen molar-refractivity contribution in [3.63, 3.8) is 0 Å². The molecule has 0 bridgehead atoms. The third-order valence-electron chi connectivity index (χ3n) is 2.67. The van der Waals surface area contributed by atoms with Crippen LogP contribution < -0.4 is 5.56 Å². The lowest BCUT2D eigenvalue weighted by atomic mass is 10.1. The van der Waals surface area contributed by atoms with Crippen molar-refractivity contribution in [2.24, 2.45) is 5.92 Å². The van der Waals surface area contributed by atoms with Crippen LogP contribution in [0.25, 0.3) is 10.2 Å². The van der Waals surface area contributed by atoms with E-state index in [1.165, 1.54) is 11.3 Å². The smallest absolute Gasteiger partial charge is 0.271 e. The minimum absolute atomic E-state index is 0.101. The van der Waals surface area contributed by atoms with Crippen LogP contribution in [0, 0.1) is 12.8 Å². The lowest BCUT2D eigenvalue weighted by Crippen LogP contribution is -2.20. The zero-order chi connectivity index (χ0) is 11.7. The Bertz CT molecular complexity index is 554. The van der Waals surface area contributed by atoms with Gasteiger partial charge < -0.3 is 0 Å². The molecule has 86 valence electrons. The quantitative estimate of drug-likeness (QED) is 0.821. The van der Waals surface area contributed by atoms with Gasteiger partial charge >= 0.3 is 0 Å². The highest BCUT2D eigenvalue weighted by molar-refractivity contribution is 7.17. The van der Waals surface area contributed by atoms with E-state index in [9.17, 15) is 4.79 Å². The number of aromatic nitrogens is 2. The summed E-state index contributed by atoms with van der Waals surface area (Å²) in [4.78, 5) is 16.4. The fourth-order valence-corrected chi connectivity index (χ4v) is 2.57. The predicted octanol–water partition coefficient (Wildman–Crippen LogP) is 2.81. The van der Waals surface area contributed by atoms with Gasteiger partial charge in [0.25, 0.3) is 5.56 Å². The Morgan fingerprint density at radius 2 is 2.25 bits per heavy atom. The van der Waals surface area contributed by atoms with E-state index in [0.717, 1.165) is 28.7 Å². The first-order valence-electron chi connectivity index (χ1n) is 5.53. The summed E-state index contributed by atoms with van der Waals surface area (Å²) in [5.41, 5.74) is 2.05. The van der Waals surface area contributed by atoms with E-state index in [-0.39, 0.29) is 5.56 Å². The van der Waals surface area contributed by atoms with Gasteiger partial charge in [-0.3, -0.25) is 9.36 Å². The average Bonchev–Trinajstić information content (AvgIpc) is 2.60. The summed E-state index contributed by atoms with van der Waals surface area (Å²) in [6.45, 7) is 7.07. The minimum atomic E-state index is 0.101. The normalized spacial score (nSPS) is 11.5. The molecule has 0 aliphatic rings. The highest BCUT2D eigenvalue weighted by atomic mass is 32.1. The van der Waals surface area contributed by atoms with Gasteiger partial charge in [0.05, 0.1) is 11.8 Å². The van der Waals surface area contributed by atoms with E-state index in [1.807, 2.05) is 12.3 Å². The Kier molecular flexibility index (Phi) is 3.10. The molecule has 2 aromatic heterocycles. The topological polar surface area (TPSA) is 34.9 Å². The van der Waals surface area contributed by atoms with Crippen molar-refractivity contribution in [3.8, 4) is 0 Å². The van der Waals surface area contributed by atoms with Crippen LogP contribution in [0.5, 0.6) is 0 Å². The number of aryl methyl sites for hydroxylation is 2. The maximum Gasteiger partial charge on any atom is 0.271 e. The molecule has 2 aromatic rings. The van der Waals surface area contributed by atoms with E-state index in [4.69, 9.17) is 0 Å². The summed E-state index contributed by atoms with van der Waals surface area (Å²) in [5, 5.41) is 1.99. The fourth-order valence-electron chi connectivity index (χ4n) is 1.62. The molecule has 0 unspecified atom stereocenters. The van der Waals surface area contributed by atoms with Crippen LogP contribution >= 0.6 is 11.3 Å². The fraction of sp³-hybridized carbons (Fsp3) is 0.500. The van der Waals surface area contributed by atoms with Crippen molar-refractivity contribution < 1.29 is 0 Å². The molecule has 4 heteroatoms. The number of hydrogen-bond donors (Lipinski definition) is 0. The van der Waals surface area contributed by atoms with E-state index >= 15 is 0 Å². The summed E-state index contributed by atoms with van der Waals surface area (Å²) < 4.78 is 2.50.